The minimum Gasteiger partial charge on any atom is -0.380 e. The van der Waals surface area contributed by atoms with Crippen molar-refractivity contribution in [1.82, 2.24) is 0 Å². The van der Waals surface area contributed by atoms with Gasteiger partial charge in [-0.3, -0.25) is 0 Å². The van der Waals surface area contributed by atoms with E-state index in [1.54, 1.807) is 18.9 Å². The van der Waals surface area contributed by atoms with Crippen molar-refractivity contribution in [2.45, 2.75) is 24.8 Å². The van der Waals surface area contributed by atoms with E-state index in [9.17, 15) is 0 Å². The average molecular weight is 196 g/mol. The van der Waals surface area contributed by atoms with Crippen LogP contribution in [0.15, 0.2) is 23.1 Å². The Hall–Kier alpha value is -0.470. The molecule has 0 saturated carbocycles. The molecule has 1 rings (SSSR count). The molecule has 13 heavy (non-hydrogen) atoms. The van der Waals surface area contributed by atoms with Gasteiger partial charge in [0, 0.05) is 12.0 Å². The number of methoxy groups -OCH3 is 1. The molecular formula is C11H16OS. The van der Waals surface area contributed by atoms with Gasteiger partial charge in [0.1, 0.15) is 0 Å². The molecule has 0 atom stereocenters. The van der Waals surface area contributed by atoms with E-state index in [1.807, 2.05) is 0 Å². The quantitative estimate of drug-likeness (QED) is 0.684. The van der Waals surface area contributed by atoms with E-state index >= 15 is 0 Å². The molecule has 0 aliphatic carbocycles. The fraction of sp³-hybridized carbons (Fsp3) is 0.455. The van der Waals surface area contributed by atoms with Gasteiger partial charge in [0.15, 0.2) is 0 Å². The zero-order valence-electron chi connectivity index (χ0n) is 8.46. The van der Waals surface area contributed by atoms with Gasteiger partial charge in [-0.05, 0) is 29.9 Å². The number of rotatable bonds is 4. The molecule has 0 aliphatic heterocycles. The standard InChI is InChI=1S/C11H16OS/c1-4-10-7-9(8-12-2)5-6-11(10)13-3/h5-7H,4,8H2,1-3H3. The van der Waals surface area contributed by atoms with E-state index in [0.717, 1.165) is 6.42 Å². The van der Waals surface area contributed by atoms with Gasteiger partial charge in [0.05, 0.1) is 6.61 Å². The Kier molecular flexibility index (Phi) is 4.33. The van der Waals surface area contributed by atoms with Crippen LogP contribution in [-0.4, -0.2) is 13.4 Å². The van der Waals surface area contributed by atoms with Gasteiger partial charge in [0.25, 0.3) is 0 Å². The zero-order chi connectivity index (χ0) is 9.68. The fourth-order valence-corrected chi connectivity index (χ4v) is 2.03. The van der Waals surface area contributed by atoms with E-state index in [0.29, 0.717) is 6.61 Å². The summed E-state index contributed by atoms with van der Waals surface area (Å²) in [5.41, 5.74) is 2.68. The number of hydrogen-bond acceptors (Lipinski definition) is 2. The van der Waals surface area contributed by atoms with Crippen LogP contribution in [0.5, 0.6) is 0 Å². The van der Waals surface area contributed by atoms with Crippen LogP contribution in [0.1, 0.15) is 18.1 Å². The fourth-order valence-electron chi connectivity index (χ4n) is 1.36. The minimum absolute atomic E-state index is 0.710. The minimum atomic E-state index is 0.710. The molecular weight excluding hydrogens is 180 g/mol. The van der Waals surface area contributed by atoms with Crippen LogP contribution in [0.2, 0.25) is 0 Å². The molecule has 0 bridgehead atoms. The molecule has 0 spiro atoms. The van der Waals surface area contributed by atoms with Gasteiger partial charge in [-0.2, -0.15) is 0 Å². The topological polar surface area (TPSA) is 9.23 Å². The van der Waals surface area contributed by atoms with Crippen LogP contribution in [0.3, 0.4) is 0 Å². The molecule has 0 aromatic heterocycles. The molecule has 72 valence electrons. The first-order chi connectivity index (χ1) is 6.31. The van der Waals surface area contributed by atoms with Crippen molar-refractivity contribution in [2.24, 2.45) is 0 Å². The predicted octanol–water partition coefficient (Wildman–Crippen LogP) is 3.12. The summed E-state index contributed by atoms with van der Waals surface area (Å²) >= 11 is 1.81. The van der Waals surface area contributed by atoms with Gasteiger partial charge >= 0.3 is 0 Å². The second-order valence-corrected chi connectivity index (χ2v) is 3.78. The smallest absolute Gasteiger partial charge is 0.0713 e. The van der Waals surface area contributed by atoms with Crippen molar-refractivity contribution in [3.05, 3.63) is 29.3 Å². The molecule has 1 aromatic carbocycles. The molecule has 0 unspecified atom stereocenters. The Labute approximate surface area is 84.5 Å². The van der Waals surface area contributed by atoms with Gasteiger partial charge in [-0.15, -0.1) is 11.8 Å². The SMILES string of the molecule is CCc1cc(COC)ccc1SC. The van der Waals surface area contributed by atoms with Crippen molar-refractivity contribution < 1.29 is 4.74 Å². The molecule has 1 nitrogen and oxygen atoms in total. The summed E-state index contributed by atoms with van der Waals surface area (Å²) in [6, 6.07) is 6.54. The summed E-state index contributed by atoms with van der Waals surface area (Å²) in [5, 5.41) is 0. The van der Waals surface area contributed by atoms with Crippen LogP contribution in [0, 0.1) is 0 Å². The largest absolute Gasteiger partial charge is 0.380 e. The highest BCUT2D eigenvalue weighted by Crippen LogP contribution is 2.22. The van der Waals surface area contributed by atoms with Crippen molar-refractivity contribution in [3.63, 3.8) is 0 Å². The van der Waals surface area contributed by atoms with Gasteiger partial charge in [-0.1, -0.05) is 19.1 Å². The second-order valence-electron chi connectivity index (χ2n) is 2.93. The molecule has 0 amide bonds. The lowest BCUT2D eigenvalue weighted by Crippen LogP contribution is -1.91. The van der Waals surface area contributed by atoms with Crippen LogP contribution in [0.4, 0.5) is 0 Å². The molecule has 0 N–H and O–H groups in total. The number of hydrogen-bond donors (Lipinski definition) is 0. The van der Waals surface area contributed by atoms with Crippen LogP contribution >= 0.6 is 11.8 Å². The average Bonchev–Trinajstić information content (AvgIpc) is 2.18. The Morgan fingerprint density at radius 1 is 1.38 bits per heavy atom. The molecule has 0 radical (unpaired) electrons. The highest BCUT2D eigenvalue weighted by atomic mass is 32.2. The summed E-state index contributed by atoms with van der Waals surface area (Å²) in [6.45, 7) is 2.90. The van der Waals surface area contributed by atoms with Crippen molar-refractivity contribution in [3.8, 4) is 0 Å². The number of aryl methyl sites for hydroxylation is 1. The Morgan fingerprint density at radius 2 is 2.15 bits per heavy atom. The Balaban J connectivity index is 2.91. The summed E-state index contributed by atoms with van der Waals surface area (Å²) in [4.78, 5) is 1.38. The Bertz CT molecular complexity index is 271. The molecule has 0 heterocycles. The summed E-state index contributed by atoms with van der Waals surface area (Å²) in [7, 11) is 1.73. The van der Waals surface area contributed by atoms with Crippen LogP contribution in [-0.2, 0) is 17.8 Å². The molecule has 0 saturated heterocycles. The monoisotopic (exact) mass is 196 g/mol. The summed E-state index contributed by atoms with van der Waals surface area (Å²) in [6.07, 6.45) is 3.21. The van der Waals surface area contributed by atoms with Gasteiger partial charge in [-0.25, -0.2) is 0 Å². The van der Waals surface area contributed by atoms with Crippen molar-refractivity contribution >= 4 is 11.8 Å². The lowest BCUT2D eigenvalue weighted by molar-refractivity contribution is 0.185. The highest BCUT2D eigenvalue weighted by Gasteiger charge is 2.00. The highest BCUT2D eigenvalue weighted by molar-refractivity contribution is 7.98. The maximum atomic E-state index is 5.09. The third-order valence-corrected chi connectivity index (χ3v) is 2.87. The zero-order valence-corrected chi connectivity index (χ0v) is 9.28. The number of ether oxygens (including phenoxy) is 1. The third kappa shape index (κ3) is 2.75. The predicted molar refractivity (Wildman–Crippen MR) is 58.3 cm³/mol. The van der Waals surface area contributed by atoms with Gasteiger partial charge in [0.2, 0.25) is 0 Å². The van der Waals surface area contributed by atoms with E-state index < -0.39 is 0 Å². The lowest BCUT2D eigenvalue weighted by Gasteiger charge is -2.07. The van der Waals surface area contributed by atoms with Crippen LogP contribution in [0.25, 0.3) is 0 Å². The second kappa shape index (κ2) is 5.30. The molecule has 0 fully saturated rings. The van der Waals surface area contributed by atoms with E-state index in [-0.39, 0.29) is 0 Å². The van der Waals surface area contributed by atoms with E-state index in [1.165, 1.54) is 16.0 Å². The Morgan fingerprint density at radius 3 is 2.69 bits per heavy atom. The maximum absolute atomic E-state index is 5.09. The van der Waals surface area contributed by atoms with Crippen molar-refractivity contribution in [1.29, 1.82) is 0 Å². The molecule has 2 heteroatoms. The van der Waals surface area contributed by atoms with Crippen molar-refractivity contribution in [2.75, 3.05) is 13.4 Å². The summed E-state index contributed by atoms with van der Waals surface area (Å²) < 4.78 is 5.09. The van der Waals surface area contributed by atoms with E-state index in [2.05, 4.69) is 31.4 Å². The summed E-state index contributed by atoms with van der Waals surface area (Å²) in [5.74, 6) is 0. The molecule has 1 aromatic rings. The first-order valence-corrected chi connectivity index (χ1v) is 5.69. The van der Waals surface area contributed by atoms with Crippen LogP contribution < -0.4 is 0 Å². The number of thioether (sulfide) groups is 1. The van der Waals surface area contributed by atoms with E-state index in [4.69, 9.17) is 4.74 Å². The normalized spacial score (nSPS) is 10.4. The number of benzene rings is 1. The first kappa shape index (κ1) is 10.6. The lowest BCUT2D eigenvalue weighted by atomic mass is 10.1. The first-order valence-electron chi connectivity index (χ1n) is 4.46. The molecule has 0 aliphatic rings. The maximum Gasteiger partial charge on any atom is 0.0713 e. The van der Waals surface area contributed by atoms with Gasteiger partial charge < -0.3 is 4.74 Å². The third-order valence-electron chi connectivity index (χ3n) is 2.04.